The second-order valence-electron chi connectivity index (χ2n) is 4.14. The second kappa shape index (κ2) is 4.50. The van der Waals surface area contributed by atoms with Crippen LogP contribution >= 0.6 is 0 Å². The van der Waals surface area contributed by atoms with Crippen LogP contribution in [0.1, 0.15) is 18.4 Å². The number of benzene rings is 1. The lowest BCUT2D eigenvalue weighted by atomic mass is 9.79. The van der Waals surface area contributed by atoms with Gasteiger partial charge in [-0.2, -0.15) is 5.26 Å². The fraction of sp³-hybridized carbons (Fsp3) is 0.357. The van der Waals surface area contributed by atoms with Gasteiger partial charge in [0.1, 0.15) is 0 Å². The molecule has 0 radical (unpaired) electrons. The molecule has 0 aliphatic heterocycles. The van der Waals surface area contributed by atoms with E-state index in [9.17, 15) is 5.26 Å². The molecule has 0 bridgehead atoms. The van der Waals surface area contributed by atoms with Crippen molar-refractivity contribution >= 4 is 0 Å². The highest BCUT2D eigenvalue weighted by atomic mass is 16.5. The fourth-order valence-electron chi connectivity index (χ4n) is 2.18. The molecule has 1 aliphatic carbocycles. The maximum absolute atomic E-state index is 9.40. The molecule has 0 amide bonds. The third-order valence-electron chi connectivity index (χ3n) is 3.25. The molecule has 1 aromatic rings. The third-order valence-corrected chi connectivity index (χ3v) is 3.25. The first-order valence-corrected chi connectivity index (χ1v) is 5.54. The van der Waals surface area contributed by atoms with Crippen molar-refractivity contribution in [2.24, 2.45) is 0 Å². The zero-order valence-electron chi connectivity index (χ0n) is 10.1. The van der Waals surface area contributed by atoms with Crippen LogP contribution < -0.4 is 9.47 Å². The predicted octanol–water partition coefficient (Wildman–Crippen LogP) is 2.82. The Labute approximate surface area is 101 Å². The third kappa shape index (κ3) is 1.87. The Morgan fingerprint density at radius 2 is 1.76 bits per heavy atom. The van der Waals surface area contributed by atoms with E-state index in [4.69, 9.17) is 9.47 Å². The number of methoxy groups -OCH3 is 2. The van der Waals surface area contributed by atoms with Crippen LogP contribution in [0.5, 0.6) is 11.5 Å². The largest absolute Gasteiger partial charge is 0.493 e. The number of nitrogens with zero attached hydrogens (tertiary/aromatic N) is 1. The van der Waals surface area contributed by atoms with Crippen molar-refractivity contribution in [3.05, 3.63) is 35.9 Å². The van der Waals surface area contributed by atoms with Gasteiger partial charge in [-0.1, -0.05) is 18.2 Å². The molecular weight excluding hydrogens is 214 g/mol. The summed E-state index contributed by atoms with van der Waals surface area (Å²) in [5.41, 5.74) is 0.558. The summed E-state index contributed by atoms with van der Waals surface area (Å²) in [5, 5.41) is 9.40. The van der Waals surface area contributed by atoms with Crippen LogP contribution in [-0.4, -0.2) is 14.2 Å². The highest BCUT2D eigenvalue weighted by Crippen LogP contribution is 2.40. The lowest BCUT2D eigenvalue weighted by Crippen LogP contribution is -2.19. The van der Waals surface area contributed by atoms with Crippen LogP contribution in [0.4, 0.5) is 0 Å². The Morgan fingerprint density at radius 1 is 1.12 bits per heavy atom. The number of nitriles is 1. The number of hydrogen-bond acceptors (Lipinski definition) is 3. The van der Waals surface area contributed by atoms with Crippen LogP contribution in [0.25, 0.3) is 0 Å². The highest BCUT2D eigenvalue weighted by molar-refractivity contribution is 5.48. The van der Waals surface area contributed by atoms with E-state index in [0.717, 1.165) is 18.4 Å². The van der Waals surface area contributed by atoms with Crippen LogP contribution in [0.15, 0.2) is 30.4 Å². The standard InChI is InChI=1S/C14H15NO2/c1-16-12-6-5-11(9-13(12)17-2)14(10-15)7-3-4-8-14/h3-6,9H,7-8H2,1-2H3. The Balaban J connectivity index is 2.43. The topological polar surface area (TPSA) is 42.2 Å². The molecule has 88 valence electrons. The minimum absolute atomic E-state index is 0.431. The van der Waals surface area contributed by atoms with E-state index >= 15 is 0 Å². The Morgan fingerprint density at radius 3 is 2.29 bits per heavy atom. The minimum atomic E-state index is -0.431. The van der Waals surface area contributed by atoms with Gasteiger partial charge in [0, 0.05) is 0 Å². The van der Waals surface area contributed by atoms with E-state index in [1.165, 1.54) is 0 Å². The summed E-state index contributed by atoms with van der Waals surface area (Å²) in [4.78, 5) is 0. The molecule has 0 N–H and O–H groups in total. The number of hydrogen-bond donors (Lipinski definition) is 0. The first kappa shape index (κ1) is 11.5. The number of rotatable bonds is 3. The molecule has 2 rings (SSSR count). The second-order valence-corrected chi connectivity index (χ2v) is 4.14. The summed E-state index contributed by atoms with van der Waals surface area (Å²) >= 11 is 0. The van der Waals surface area contributed by atoms with E-state index in [1.807, 2.05) is 18.2 Å². The van der Waals surface area contributed by atoms with Gasteiger partial charge in [-0.05, 0) is 30.5 Å². The van der Waals surface area contributed by atoms with E-state index in [-0.39, 0.29) is 0 Å². The fourth-order valence-corrected chi connectivity index (χ4v) is 2.18. The summed E-state index contributed by atoms with van der Waals surface area (Å²) < 4.78 is 10.5. The van der Waals surface area contributed by atoms with Crippen LogP contribution in [0.3, 0.4) is 0 Å². The van der Waals surface area contributed by atoms with Crippen LogP contribution in [0.2, 0.25) is 0 Å². The van der Waals surface area contributed by atoms with Gasteiger partial charge in [0.05, 0.1) is 25.7 Å². The molecule has 0 unspecified atom stereocenters. The van der Waals surface area contributed by atoms with E-state index in [1.54, 1.807) is 14.2 Å². The average Bonchev–Trinajstić information content (AvgIpc) is 2.88. The molecule has 1 aromatic carbocycles. The van der Waals surface area contributed by atoms with Crippen molar-refractivity contribution in [3.8, 4) is 17.6 Å². The normalized spacial score (nSPS) is 16.5. The molecule has 17 heavy (non-hydrogen) atoms. The molecule has 3 heteroatoms. The lowest BCUT2D eigenvalue weighted by molar-refractivity contribution is 0.353. The van der Waals surface area contributed by atoms with Gasteiger partial charge in [-0.3, -0.25) is 0 Å². The zero-order chi connectivity index (χ0) is 12.3. The van der Waals surface area contributed by atoms with Gasteiger partial charge in [-0.15, -0.1) is 0 Å². The molecule has 0 fully saturated rings. The molecule has 0 spiro atoms. The molecule has 0 atom stereocenters. The first-order valence-electron chi connectivity index (χ1n) is 5.54. The smallest absolute Gasteiger partial charge is 0.161 e. The van der Waals surface area contributed by atoms with Gasteiger partial charge in [-0.25, -0.2) is 0 Å². The molecule has 0 saturated carbocycles. The Bertz CT molecular complexity index is 477. The average molecular weight is 229 g/mol. The van der Waals surface area contributed by atoms with Gasteiger partial charge in [0.2, 0.25) is 0 Å². The molecule has 0 aromatic heterocycles. The Kier molecular flexibility index (Phi) is 3.06. The molecule has 3 nitrogen and oxygen atoms in total. The van der Waals surface area contributed by atoms with Gasteiger partial charge in [0.25, 0.3) is 0 Å². The maximum Gasteiger partial charge on any atom is 0.161 e. The first-order chi connectivity index (χ1) is 8.25. The Hall–Kier alpha value is -1.95. The van der Waals surface area contributed by atoms with Gasteiger partial charge >= 0.3 is 0 Å². The van der Waals surface area contributed by atoms with Crippen molar-refractivity contribution in [2.75, 3.05) is 14.2 Å². The van der Waals surface area contributed by atoms with Crippen molar-refractivity contribution in [1.29, 1.82) is 5.26 Å². The van der Waals surface area contributed by atoms with E-state index in [2.05, 4.69) is 18.2 Å². The minimum Gasteiger partial charge on any atom is -0.493 e. The molecular formula is C14H15NO2. The van der Waals surface area contributed by atoms with Crippen molar-refractivity contribution in [1.82, 2.24) is 0 Å². The molecule has 0 saturated heterocycles. The number of ether oxygens (including phenoxy) is 2. The van der Waals surface area contributed by atoms with Gasteiger partial charge in [0.15, 0.2) is 11.5 Å². The summed E-state index contributed by atoms with van der Waals surface area (Å²) in [6.07, 6.45) is 5.64. The molecule has 0 heterocycles. The van der Waals surface area contributed by atoms with Crippen LogP contribution in [-0.2, 0) is 5.41 Å². The monoisotopic (exact) mass is 229 g/mol. The van der Waals surface area contributed by atoms with Gasteiger partial charge < -0.3 is 9.47 Å². The zero-order valence-corrected chi connectivity index (χ0v) is 10.1. The summed E-state index contributed by atoms with van der Waals surface area (Å²) in [5.74, 6) is 1.36. The van der Waals surface area contributed by atoms with Crippen LogP contribution in [0, 0.1) is 11.3 Å². The highest BCUT2D eigenvalue weighted by Gasteiger charge is 2.33. The van der Waals surface area contributed by atoms with E-state index in [0.29, 0.717) is 11.5 Å². The summed E-state index contributed by atoms with van der Waals surface area (Å²) in [6.45, 7) is 0. The summed E-state index contributed by atoms with van der Waals surface area (Å²) in [7, 11) is 3.21. The van der Waals surface area contributed by atoms with Crippen molar-refractivity contribution in [2.45, 2.75) is 18.3 Å². The van der Waals surface area contributed by atoms with E-state index < -0.39 is 5.41 Å². The maximum atomic E-state index is 9.40. The summed E-state index contributed by atoms with van der Waals surface area (Å²) in [6, 6.07) is 8.12. The van der Waals surface area contributed by atoms with Crippen molar-refractivity contribution < 1.29 is 9.47 Å². The number of allylic oxidation sites excluding steroid dienone is 2. The quantitative estimate of drug-likeness (QED) is 0.748. The van der Waals surface area contributed by atoms with Crippen molar-refractivity contribution in [3.63, 3.8) is 0 Å². The SMILES string of the molecule is COc1ccc(C2(C#N)CC=CC2)cc1OC. The molecule has 1 aliphatic rings. The predicted molar refractivity (Wildman–Crippen MR) is 65.2 cm³/mol. The lowest BCUT2D eigenvalue weighted by Gasteiger charge is -2.22.